The predicted molar refractivity (Wildman–Crippen MR) is 111 cm³/mol. The number of carbonyl (C=O) groups excluding carboxylic acids is 1. The first-order valence-electron chi connectivity index (χ1n) is 9.30. The summed E-state index contributed by atoms with van der Waals surface area (Å²) in [6.07, 6.45) is 3.00. The first-order chi connectivity index (χ1) is 13.9. The Hall–Kier alpha value is -3.61. The fourth-order valence-corrected chi connectivity index (χ4v) is 3.06. The van der Waals surface area contributed by atoms with Crippen LogP contribution in [0.3, 0.4) is 0 Å². The van der Waals surface area contributed by atoms with E-state index in [1.54, 1.807) is 24.4 Å². The van der Waals surface area contributed by atoms with E-state index in [0.717, 1.165) is 5.69 Å². The lowest BCUT2D eigenvalue weighted by Gasteiger charge is -2.23. The van der Waals surface area contributed by atoms with Crippen molar-refractivity contribution in [2.75, 3.05) is 17.4 Å². The molecule has 0 saturated carbocycles. The number of aromatic nitrogens is 2. The Kier molecular flexibility index (Phi) is 4.80. The Morgan fingerprint density at radius 2 is 1.79 bits per heavy atom. The van der Waals surface area contributed by atoms with E-state index in [1.807, 2.05) is 18.2 Å². The Balaban J connectivity index is 1.46. The molecule has 0 radical (unpaired) electrons. The molecule has 7 heteroatoms. The minimum Gasteiger partial charge on any atom is -0.454 e. The van der Waals surface area contributed by atoms with E-state index in [-0.39, 0.29) is 23.8 Å². The SMILES string of the molecule is CC(C)(C)c1ccccc1Nc1cnc(C(=O)Nc2ccc3c(c2)OCO3)cn1. The van der Waals surface area contributed by atoms with E-state index in [0.29, 0.717) is 23.0 Å². The molecule has 7 nitrogen and oxygen atoms in total. The molecule has 0 unspecified atom stereocenters. The third-order valence-electron chi connectivity index (χ3n) is 4.51. The first kappa shape index (κ1) is 18.7. The summed E-state index contributed by atoms with van der Waals surface area (Å²) in [5, 5.41) is 6.08. The number of hydrogen-bond donors (Lipinski definition) is 2. The Morgan fingerprint density at radius 1 is 1.00 bits per heavy atom. The molecule has 1 amide bonds. The highest BCUT2D eigenvalue weighted by atomic mass is 16.7. The van der Waals surface area contributed by atoms with Crippen molar-refractivity contribution in [1.29, 1.82) is 0 Å². The quantitative estimate of drug-likeness (QED) is 0.682. The minimum absolute atomic E-state index is 0.0124. The molecule has 0 bridgehead atoms. The molecule has 0 atom stereocenters. The van der Waals surface area contributed by atoms with Gasteiger partial charge in [-0.05, 0) is 29.2 Å². The lowest BCUT2D eigenvalue weighted by Crippen LogP contribution is -2.15. The maximum absolute atomic E-state index is 12.5. The van der Waals surface area contributed by atoms with Crippen molar-refractivity contribution in [2.24, 2.45) is 0 Å². The zero-order valence-corrected chi connectivity index (χ0v) is 16.5. The lowest BCUT2D eigenvalue weighted by atomic mass is 9.86. The number of rotatable bonds is 4. The largest absolute Gasteiger partial charge is 0.454 e. The number of amides is 1. The minimum atomic E-state index is -0.349. The van der Waals surface area contributed by atoms with E-state index in [4.69, 9.17) is 9.47 Å². The van der Waals surface area contributed by atoms with Crippen LogP contribution in [-0.2, 0) is 5.41 Å². The maximum Gasteiger partial charge on any atom is 0.275 e. The van der Waals surface area contributed by atoms with Crippen LogP contribution in [0, 0.1) is 0 Å². The van der Waals surface area contributed by atoms with Crippen LogP contribution in [0.5, 0.6) is 11.5 Å². The van der Waals surface area contributed by atoms with Crippen molar-refractivity contribution < 1.29 is 14.3 Å². The summed E-state index contributed by atoms with van der Waals surface area (Å²) in [7, 11) is 0. The monoisotopic (exact) mass is 390 g/mol. The summed E-state index contributed by atoms with van der Waals surface area (Å²) in [5.74, 6) is 1.49. The average Bonchev–Trinajstić information content (AvgIpc) is 3.16. The molecule has 148 valence electrons. The lowest BCUT2D eigenvalue weighted by molar-refractivity contribution is 0.102. The van der Waals surface area contributed by atoms with Crippen molar-refractivity contribution >= 4 is 23.1 Å². The van der Waals surface area contributed by atoms with E-state index >= 15 is 0 Å². The number of fused-ring (bicyclic) bond motifs is 1. The molecule has 1 aliphatic heterocycles. The summed E-state index contributed by atoms with van der Waals surface area (Å²) < 4.78 is 10.6. The molecule has 2 aromatic carbocycles. The second kappa shape index (κ2) is 7.43. The molecule has 29 heavy (non-hydrogen) atoms. The molecule has 4 rings (SSSR count). The highest BCUT2D eigenvalue weighted by molar-refractivity contribution is 6.02. The van der Waals surface area contributed by atoms with Gasteiger partial charge in [0.2, 0.25) is 6.79 Å². The highest BCUT2D eigenvalue weighted by Crippen LogP contribution is 2.34. The third kappa shape index (κ3) is 4.13. The van der Waals surface area contributed by atoms with Crippen LogP contribution in [0.4, 0.5) is 17.2 Å². The number of hydrogen-bond acceptors (Lipinski definition) is 6. The number of ether oxygens (including phenoxy) is 2. The molecule has 1 aliphatic rings. The number of carbonyl (C=O) groups is 1. The van der Waals surface area contributed by atoms with Gasteiger partial charge in [0.1, 0.15) is 11.5 Å². The van der Waals surface area contributed by atoms with Gasteiger partial charge in [0, 0.05) is 17.4 Å². The van der Waals surface area contributed by atoms with E-state index in [9.17, 15) is 4.79 Å². The maximum atomic E-state index is 12.5. The fraction of sp³-hybridized carbons (Fsp3) is 0.227. The van der Waals surface area contributed by atoms with Crippen LogP contribution >= 0.6 is 0 Å². The number of anilines is 3. The molecule has 0 saturated heterocycles. The van der Waals surface area contributed by atoms with E-state index in [1.165, 1.54) is 11.8 Å². The van der Waals surface area contributed by atoms with Crippen LogP contribution in [0.2, 0.25) is 0 Å². The molecular formula is C22H22N4O3. The van der Waals surface area contributed by atoms with Crippen molar-refractivity contribution in [3.05, 3.63) is 66.1 Å². The molecule has 2 heterocycles. The van der Waals surface area contributed by atoms with Crippen molar-refractivity contribution in [1.82, 2.24) is 9.97 Å². The zero-order valence-electron chi connectivity index (χ0n) is 16.5. The molecular weight excluding hydrogens is 368 g/mol. The second-order valence-corrected chi connectivity index (χ2v) is 7.73. The molecule has 0 aliphatic carbocycles. The second-order valence-electron chi connectivity index (χ2n) is 7.73. The van der Waals surface area contributed by atoms with Crippen molar-refractivity contribution in [3.63, 3.8) is 0 Å². The summed E-state index contributed by atoms with van der Waals surface area (Å²) >= 11 is 0. The van der Waals surface area contributed by atoms with Crippen molar-refractivity contribution in [2.45, 2.75) is 26.2 Å². The fourth-order valence-electron chi connectivity index (χ4n) is 3.06. The summed E-state index contributed by atoms with van der Waals surface area (Å²) in [6, 6.07) is 13.3. The standard InChI is InChI=1S/C22H22N4O3/c1-22(2,3)15-6-4-5-7-16(15)26-20-12-23-17(11-24-20)21(27)25-14-8-9-18-19(10-14)29-13-28-18/h4-12H,13H2,1-3H3,(H,24,26)(H,25,27). The Labute approximate surface area is 169 Å². The molecule has 0 fully saturated rings. The first-order valence-corrected chi connectivity index (χ1v) is 9.30. The van der Waals surface area contributed by atoms with Gasteiger partial charge in [0.05, 0.1) is 12.4 Å². The van der Waals surface area contributed by atoms with E-state index < -0.39 is 0 Å². The number of nitrogens with one attached hydrogen (secondary N) is 2. The molecule has 3 aromatic rings. The van der Waals surface area contributed by atoms with E-state index in [2.05, 4.69) is 47.4 Å². The number of para-hydroxylation sites is 1. The molecule has 2 N–H and O–H groups in total. The van der Waals surface area contributed by atoms with Crippen LogP contribution in [0.25, 0.3) is 0 Å². The zero-order chi connectivity index (χ0) is 20.4. The Bertz CT molecular complexity index is 1040. The smallest absolute Gasteiger partial charge is 0.275 e. The number of benzene rings is 2. The summed E-state index contributed by atoms with van der Waals surface area (Å²) in [5.41, 5.74) is 2.94. The molecule has 0 spiro atoms. The summed E-state index contributed by atoms with van der Waals surface area (Å²) in [4.78, 5) is 21.0. The number of nitrogens with zero attached hydrogens (tertiary/aromatic N) is 2. The highest BCUT2D eigenvalue weighted by Gasteiger charge is 2.18. The van der Waals surface area contributed by atoms with Gasteiger partial charge in [0.25, 0.3) is 5.91 Å². The van der Waals surface area contributed by atoms with Crippen LogP contribution in [0.15, 0.2) is 54.9 Å². The van der Waals surface area contributed by atoms with Gasteiger partial charge >= 0.3 is 0 Å². The van der Waals surface area contributed by atoms with Crippen molar-refractivity contribution in [3.8, 4) is 11.5 Å². The van der Waals surface area contributed by atoms with Crippen LogP contribution in [0.1, 0.15) is 36.8 Å². The topological polar surface area (TPSA) is 85.4 Å². The average molecular weight is 390 g/mol. The molecule has 1 aromatic heterocycles. The third-order valence-corrected chi connectivity index (χ3v) is 4.51. The summed E-state index contributed by atoms with van der Waals surface area (Å²) in [6.45, 7) is 6.65. The van der Waals surface area contributed by atoms with Gasteiger partial charge < -0.3 is 20.1 Å². The van der Waals surface area contributed by atoms with Gasteiger partial charge in [-0.2, -0.15) is 0 Å². The van der Waals surface area contributed by atoms with Gasteiger partial charge in [-0.3, -0.25) is 4.79 Å². The normalized spacial score (nSPS) is 12.5. The van der Waals surface area contributed by atoms with Gasteiger partial charge in [-0.15, -0.1) is 0 Å². The van der Waals surface area contributed by atoms with Gasteiger partial charge in [-0.25, -0.2) is 9.97 Å². The van der Waals surface area contributed by atoms with Gasteiger partial charge in [0.15, 0.2) is 11.5 Å². The predicted octanol–water partition coefficient (Wildman–Crippen LogP) is 4.50. The Morgan fingerprint density at radius 3 is 2.55 bits per heavy atom. The van der Waals surface area contributed by atoms with Crippen LogP contribution in [-0.4, -0.2) is 22.7 Å². The van der Waals surface area contributed by atoms with Crippen LogP contribution < -0.4 is 20.1 Å². The van der Waals surface area contributed by atoms with Gasteiger partial charge in [-0.1, -0.05) is 39.0 Å².